The van der Waals surface area contributed by atoms with Crippen molar-refractivity contribution in [3.8, 4) is 5.75 Å². The Morgan fingerprint density at radius 2 is 2.05 bits per heavy atom. The number of hydrogen-bond donors (Lipinski definition) is 0. The molecule has 1 heterocycles. The number of unbranched alkanes of at least 4 members (excludes halogenated alkanes) is 2. The minimum absolute atomic E-state index is 0. The molecule has 2 rings (SSSR count). The van der Waals surface area contributed by atoms with Gasteiger partial charge in [0.2, 0.25) is 0 Å². The van der Waals surface area contributed by atoms with E-state index in [1.165, 1.54) is 45.3 Å². The molecule has 1 fully saturated rings. The molecule has 0 bridgehead atoms. The minimum Gasteiger partial charge on any atom is -0.494 e. The minimum atomic E-state index is 0. The molecule has 1 aromatic rings. The molecule has 0 spiro atoms. The Hall–Kier alpha value is -1.02. The Bertz CT molecular complexity index is 344. The van der Waals surface area contributed by atoms with Gasteiger partial charge in [0.1, 0.15) is 5.75 Å². The van der Waals surface area contributed by atoms with E-state index < -0.39 is 0 Å². The van der Waals surface area contributed by atoms with Crippen LogP contribution in [0.3, 0.4) is 0 Å². The second-order valence-corrected chi connectivity index (χ2v) is 5.77. The van der Waals surface area contributed by atoms with Gasteiger partial charge in [0.25, 0.3) is 0 Å². The molecule has 2 heteroatoms. The molecule has 0 saturated carbocycles. The van der Waals surface area contributed by atoms with Crippen molar-refractivity contribution >= 4 is 0 Å². The number of para-hydroxylation sites is 1. The molecular weight excluding hydrogens is 234 g/mol. The van der Waals surface area contributed by atoms with E-state index in [0.717, 1.165) is 24.7 Å². The van der Waals surface area contributed by atoms with E-state index in [9.17, 15) is 0 Å². The van der Waals surface area contributed by atoms with Crippen LogP contribution in [0.5, 0.6) is 5.75 Å². The van der Waals surface area contributed by atoms with Crippen molar-refractivity contribution in [2.45, 2.75) is 39.0 Å². The average Bonchev–Trinajstić information content (AvgIpc) is 2.44. The molecule has 1 saturated heterocycles. The first kappa shape index (κ1) is 14.4. The van der Waals surface area contributed by atoms with Crippen molar-refractivity contribution in [2.75, 3.05) is 26.2 Å². The summed E-state index contributed by atoms with van der Waals surface area (Å²) in [5.74, 6) is 1.89. The standard InChI is InChI=1S/C17H27NO/c1-16-9-8-13-18(15-16)12-6-3-7-14-19-17-10-4-2-5-11-17/h2,4-5,10-11,16H,3,6-9,12-15H2,1H3/p+1. The van der Waals surface area contributed by atoms with Crippen molar-refractivity contribution in [1.29, 1.82) is 0 Å². The van der Waals surface area contributed by atoms with Gasteiger partial charge in [-0.3, -0.25) is 0 Å². The first-order valence-electron chi connectivity index (χ1n) is 7.75. The molecule has 1 aromatic carbocycles. The third-order valence-electron chi connectivity index (χ3n) is 3.87. The topological polar surface area (TPSA) is 12.5 Å². The van der Waals surface area contributed by atoms with Crippen molar-refractivity contribution in [2.24, 2.45) is 5.92 Å². The van der Waals surface area contributed by atoms with Gasteiger partial charge in [-0.25, -0.2) is 0 Å². The molecule has 106 valence electrons. The average molecular weight is 262 g/mol. The van der Waals surface area contributed by atoms with Crippen LogP contribution in [0, 0.1) is 5.92 Å². The lowest BCUT2D eigenvalue weighted by molar-refractivity contribution is 0.179. The fourth-order valence-electron chi connectivity index (χ4n) is 2.81. The highest BCUT2D eigenvalue weighted by Crippen LogP contribution is 2.16. The summed E-state index contributed by atoms with van der Waals surface area (Å²) in [4.78, 5) is 2.63. The predicted octanol–water partition coefficient (Wildman–Crippen LogP) is 4.08. The predicted molar refractivity (Wildman–Crippen MR) is 81.7 cm³/mol. The molecule has 19 heavy (non-hydrogen) atoms. The Morgan fingerprint density at radius 3 is 2.84 bits per heavy atom. The molecule has 1 aliphatic rings. The molecule has 1 atom stereocenters. The van der Waals surface area contributed by atoms with E-state index in [2.05, 4.69) is 11.8 Å². The van der Waals surface area contributed by atoms with Crippen LogP contribution in [0.1, 0.15) is 40.5 Å². The maximum absolute atomic E-state index is 5.70. The summed E-state index contributed by atoms with van der Waals surface area (Å²) in [6.45, 7) is 7.11. The summed E-state index contributed by atoms with van der Waals surface area (Å²) in [5, 5.41) is 0. The zero-order chi connectivity index (χ0) is 13.3. The van der Waals surface area contributed by atoms with Gasteiger partial charge in [-0.05, 0) is 63.2 Å². The number of ether oxygens (including phenoxy) is 1. The number of nitrogens with zero attached hydrogens (tertiary/aromatic N) is 1. The monoisotopic (exact) mass is 262 g/mol. The van der Waals surface area contributed by atoms with E-state index in [0.29, 0.717) is 0 Å². The van der Waals surface area contributed by atoms with E-state index >= 15 is 0 Å². The fraction of sp³-hybridized carbons (Fsp3) is 0.647. The molecule has 0 N–H and O–H groups in total. The van der Waals surface area contributed by atoms with Gasteiger partial charge in [0, 0.05) is 6.54 Å². The fourth-order valence-corrected chi connectivity index (χ4v) is 2.81. The van der Waals surface area contributed by atoms with Crippen molar-refractivity contribution in [1.82, 2.24) is 4.90 Å². The highest BCUT2D eigenvalue weighted by molar-refractivity contribution is 5.20. The summed E-state index contributed by atoms with van der Waals surface area (Å²) >= 11 is 0. The molecule has 0 radical (unpaired) electrons. The van der Waals surface area contributed by atoms with Gasteiger partial charge in [-0.1, -0.05) is 25.1 Å². The van der Waals surface area contributed by atoms with Crippen LogP contribution >= 0.6 is 0 Å². The lowest BCUT2D eigenvalue weighted by Crippen LogP contribution is -2.34. The summed E-state index contributed by atoms with van der Waals surface area (Å²) in [6, 6.07) is 10.1. The number of hydrogen-bond acceptors (Lipinski definition) is 2. The quantitative estimate of drug-likeness (QED) is 0.687. The lowest BCUT2D eigenvalue weighted by atomic mass is 10.00. The van der Waals surface area contributed by atoms with Gasteiger partial charge in [0.05, 0.1) is 6.61 Å². The van der Waals surface area contributed by atoms with Crippen LogP contribution in [0.2, 0.25) is 0 Å². The summed E-state index contributed by atoms with van der Waals surface area (Å²) in [6.07, 6.45) is 6.56. The highest BCUT2D eigenvalue weighted by Gasteiger charge is 2.15. The molecule has 1 aliphatic heterocycles. The summed E-state index contributed by atoms with van der Waals surface area (Å²) in [5.41, 5.74) is 0. The third-order valence-corrected chi connectivity index (χ3v) is 3.87. The van der Waals surface area contributed by atoms with Gasteiger partial charge in [-0.15, -0.1) is 0 Å². The molecule has 0 amide bonds. The smallest absolute Gasteiger partial charge is 0.494 e. The highest BCUT2D eigenvalue weighted by atomic mass is 16.5. The molecule has 1 unspecified atom stereocenters. The van der Waals surface area contributed by atoms with Crippen LogP contribution in [0.4, 0.5) is 0 Å². The molecule has 0 aromatic heterocycles. The molecular formula is C17H28NO+. The van der Waals surface area contributed by atoms with Crippen LogP contribution in [0.25, 0.3) is 0 Å². The molecule has 0 aliphatic carbocycles. The Kier molecular flexibility index (Phi) is 6.22. The second kappa shape index (κ2) is 8.21. The van der Waals surface area contributed by atoms with Crippen LogP contribution < -0.4 is 4.74 Å². The van der Waals surface area contributed by atoms with Gasteiger partial charge >= 0.3 is 1.43 Å². The first-order chi connectivity index (χ1) is 9.34. The Labute approximate surface area is 119 Å². The van der Waals surface area contributed by atoms with Gasteiger partial charge in [0.15, 0.2) is 0 Å². The summed E-state index contributed by atoms with van der Waals surface area (Å²) < 4.78 is 5.70. The lowest BCUT2D eigenvalue weighted by Gasteiger charge is -2.30. The van der Waals surface area contributed by atoms with Crippen molar-refractivity contribution in [3.63, 3.8) is 0 Å². The van der Waals surface area contributed by atoms with E-state index in [4.69, 9.17) is 4.74 Å². The zero-order valence-corrected chi connectivity index (χ0v) is 12.2. The first-order valence-corrected chi connectivity index (χ1v) is 7.75. The van der Waals surface area contributed by atoms with E-state index in [1.54, 1.807) is 0 Å². The van der Waals surface area contributed by atoms with Gasteiger partial charge < -0.3 is 9.64 Å². The number of rotatable bonds is 7. The maximum atomic E-state index is 5.70. The third kappa shape index (κ3) is 5.65. The summed E-state index contributed by atoms with van der Waals surface area (Å²) in [7, 11) is 0. The number of likely N-dealkylation sites (tertiary alicyclic amines) is 1. The van der Waals surface area contributed by atoms with Crippen molar-refractivity contribution in [3.05, 3.63) is 30.3 Å². The van der Waals surface area contributed by atoms with E-state index in [1.807, 2.05) is 30.3 Å². The number of piperidine rings is 1. The zero-order valence-electron chi connectivity index (χ0n) is 13.2. The normalized spacial score (nSPS) is 20.4. The number of benzene rings is 1. The van der Waals surface area contributed by atoms with Crippen LogP contribution in [-0.4, -0.2) is 31.1 Å². The molecule has 2 nitrogen and oxygen atoms in total. The largest absolute Gasteiger partial charge is 1.00 e. The second-order valence-electron chi connectivity index (χ2n) is 5.77. The maximum Gasteiger partial charge on any atom is 1.00 e. The Morgan fingerprint density at radius 1 is 1.21 bits per heavy atom. The SMILES string of the molecule is CC1CCCN(CCCCCOc2ccccc2)C1.[H+]. The van der Waals surface area contributed by atoms with Crippen LogP contribution in [0.15, 0.2) is 30.3 Å². The van der Waals surface area contributed by atoms with Crippen LogP contribution in [-0.2, 0) is 0 Å². The Balaban J connectivity index is 0.00000200. The van der Waals surface area contributed by atoms with E-state index in [-0.39, 0.29) is 1.43 Å². The van der Waals surface area contributed by atoms with Crippen molar-refractivity contribution < 1.29 is 6.16 Å². The van der Waals surface area contributed by atoms with Gasteiger partial charge in [-0.2, -0.15) is 0 Å².